The summed E-state index contributed by atoms with van der Waals surface area (Å²) in [7, 11) is 0. The van der Waals surface area contributed by atoms with Gasteiger partial charge in [-0.3, -0.25) is 0 Å². The van der Waals surface area contributed by atoms with Crippen LogP contribution in [0.3, 0.4) is 0 Å². The maximum absolute atomic E-state index is 3.67. The predicted molar refractivity (Wildman–Crippen MR) is 41.1 cm³/mol. The first kappa shape index (κ1) is 10.7. The Morgan fingerprint density at radius 3 is 1.38 bits per heavy atom. The molecule has 0 unspecified atom stereocenters. The van der Waals surface area contributed by atoms with Crippen LogP contribution in [0.4, 0.5) is 0 Å². The Labute approximate surface area is 53.6 Å². The Hall–Kier alpha value is -0.260. The Kier molecular flexibility index (Phi) is 13.2. The van der Waals surface area contributed by atoms with Crippen LogP contribution < -0.4 is 0 Å². The second-order valence-electron chi connectivity index (χ2n) is 2.02. The van der Waals surface area contributed by atoms with Gasteiger partial charge in [0.2, 0.25) is 0 Å². The first-order valence-corrected chi connectivity index (χ1v) is 3.33. The van der Waals surface area contributed by atoms with E-state index in [4.69, 9.17) is 0 Å². The molecule has 0 aromatic rings. The highest BCUT2D eigenvalue weighted by atomic mass is 13.7. The molecule has 0 nitrogen and oxygen atoms in total. The average molecular weight is 114 g/mol. The van der Waals surface area contributed by atoms with E-state index < -0.39 is 0 Å². The SMILES string of the molecule is C=C(C)CC.CCC. The van der Waals surface area contributed by atoms with Crippen molar-refractivity contribution >= 4 is 0 Å². The predicted octanol–water partition coefficient (Wildman–Crippen LogP) is 3.39. The summed E-state index contributed by atoms with van der Waals surface area (Å²) in [4.78, 5) is 0. The van der Waals surface area contributed by atoms with Gasteiger partial charge in [-0.2, -0.15) is 0 Å². The normalized spacial score (nSPS) is 7.00. The summed E-state index contributed by atoms with van der Waals surface area (Å²) in [6.45, 7) is 12.1. The highest BCUT2D eigenvalue weighted by molar-refractivity contribution is 4.84. The maximum atomic E-state index is 3.67. The average Bonchev–Trinajstić information content (AvgIpc) is 1.69. The van der Waals surface area contributed by atoms with Crippen LogP contribution in [-0.2, 0) is 0 Å². The molecule has 0 aliphatic heterocycles. The van der Waals surface area contributed by atoms with Crippen LogP contribution in [0.2, 0.25) is 0 Å². The van der Waals surface area contributed by atoms with E-state index in [9.17, 15) is 0 Å². The summed E-state index contributed by atoms with van der Waals surface area (Å²) in [6, 6.07) is 0. The summed E-state index contributed by atoms with van der Waals surface area (Å²) >= 11 is 0. The third kappa shape index (κ3) is 42.6. The van der Waals surface area contributed by atoms with Gasteiger partial charge in [0, 0.05) is 0 Å². The lowest BCUT2D eigenvalue weighted by Crippen LogP contribution is -1.58. The van der Waals surface area contributed by atoms with E-state index in [0.29, 0.717) is 0 Å². The molecular weight excluding hydrogens is 96.1 g/mol. The molecule has 0 rings (SSSR count). The minimum absolute atomic E-state index is 1.11. The molecular formula is C8H18. The summed E-state index contributed by atoms with van der Waals surface area (Å²) in [5.41, 5.74) is 1.25. The van der Waals surface area contributed by atoms with Crippen molar-refractivity contribution in [3.05, 3.63) is 12.2 Å². The molecule has 0 amide bonds. The Morgan fingerprint density at radius 1 is 1.25 bits per heavy atom. The molecule has 0 aliphatic carbocycles. The lowest BCUT2D eigenvalue weighted by molar-refractivity contribution is 1.09. The minimum atomic E-state index is 1.11. The highest BCUT2D eigenvalue weighted by Crippen LogP contribution is 1.88. The van der Waals surface area contributed by atoms with Gasteiger partial charge >= 0.3 is 0 Å². The zero-order valence-corrected chi connectivity index (χ0v) is 6.62. The largest absolute Gasteiger partial charge is 0.100 e. The van der Waals surface area contributed by atoms with Crippen molar-refractivity contribution in [2.75, 3.05) is 0 Å². The van der Waals surface area contributed by atoms with Crippen molar-refractivity contribution in [2.45, 2.75) is 40.5 Å². The number of hydrogen-bond acceptors (Lipinski definition) is 0. The van der Waals surface area contributed by atoms with Crippen LogP contribution in [-0.4, -0.2) is 0 Å². The molecule has 0 spiro atoms. The molecule has 0 aliphatic rings. The van der Waals surface area contributed by atoms with Gasteiger partial charge < -0.3 is 0 Å². The molecule has 0 fully saturated rings. The van der Waals surface area contributed by atoms with E-state index in [0.717, 1.165) is 6.42 Å². The summed E-state index contributed by atoms with van der Waals surface area (Å²) in [5.74, 6) is 0. The molecule has 0 N–H and O–H groups in total. The zero-order chi connectivity index (χ0) is 6.99. The smallest absolute Gasteiger partial charge is 0.0354 e. The summed E-state index contributed by atoms with van der Waals surface area (Å²) < 4.78 is 0. The molecule has 0 saturated heterocycles. The second-order valence-corrected chi connectivity index (χ2v) is 2.02. The molecule has 0 saturated carbocycles. The van der Waals surface area contributed by atoms with Gasteiger partial charge in [-0.25, -0.2) is 0 Å². The van der Waals surface area contributed by atoms with Gasteiger partial charge in [0.1, 0.15) is 0 Å². The standard InChI is InChI=1S/C5H10.C3H8/c1-4-5(2)3;1-3-2/h2,4H2,1,3H3;3H2,1-2H3. The van der Waals surface area contributed by atoms with Crippen molar-refractivity contribution < 1.29 is 0 Å². The molecule has 50 valence electrons. The fourth-order valence-electron chi connectivity index (χ4n) is 0. The van der Waals surface area contributed by atoms with Gasteiger partial charge in [-0.1, -0.05) is 32.8 Å². The number of hydrogen-bond donors (Lipinski definition) is 0. The van der Waals surface area contributed by atoms with E-state index in [1.807, 2.05) is 6.92 Å². The summed E-state index contributed by atoms with van der Waals surface area (Å²) in [6.07, 6.45) is 2.36. The minimum Gasteiger partial charge on any atom is -0.100 e. The topological polar surface area (TPSA) is 0 Å². The van der Waals surface area contributed by atoms with Gasteiger partial charge in [-0.15, -0.1) is 6.58 Å². The Bertz CT molecular complexity index is 44.0. The third-order valence-electron chi connectivity index (χ3n) is 0.604. The molecule has 0 heteroatoms. The van der Waals surface area contributed by atoms with Crippen molar-refractivity contribution in [2.24, 2.45) is 0 Å². The lowest BCUT2D eigenvalue weighted by atomic mass is 10.3. The third-order valence-corrected chi connectivity index (χ3v) is 0.604. The van der Waals surface area contributed by atoms with Crippen LogP contribution in [0.25, 0.3) is 0 Å². The molecule has 0 heterocycles. The van der Waals surface area contributed by atoms with Crippen molar-refractivity contribution in [1.82, 2.24) is 0 Å². The van der Waals surface area contributed by atoms with E-state index in [2.05, 4.69) is 27.4 Å². The molecule has 0 radical (unpaired) electrons. The molecule has 0 bridgehead atoms. The first-order valence-electron chi connectivity index (χ1n) is 3.33. The number of allylic oxidation sites excluding steroid dienone is 1. The quantitative estimate of drug-likeness (QED) is 0.458. The second kappa shape index (κ2) is 9.88. The zero-order valence-electron chi connectivity index (χ0n) is 6.62. The molecule has 0 aromatic heterocycles. The first-order chi connectivity index (χ1) is 3.68. The van der Waals surface area contributed by atoms with Crippen molar-refractivity contribution in [3.63, 3.8) is 0 Å². The fourth-order valence-corrected chi connectivity index (χ4v) is 0. The van der Waals surface area contributed by atoms with Crippen LogP contribution in [0, 0.1) is 0 Å². The Morgan fingerprint density at radius 2 is 1.38 bits per heavy atom. The summed E-state index contributed by atoms with van der Waals surface area (Å²) in [5, 5.41) is 0. The van der Waals surface area contributed by atoms with Crippen LogP contribution in [0.1, 0.15) is 40.5 Å². The van der Waals surface area contributed by atoms with E-state index >= 15 is 0 Å². The fraction of sp³-hybridized carbons (Fsp3) is 0.750. The van der Waals surface area contributed by atoms with Gasteiger partial charge in [0.25, 0.3) is 0 Å². The van der Waals surface area contributed by atoms with E-state index in [1.54, 1.807) is 0 Å². The van der Waals surface area contributed by atoms with Crippen LogP contribution in [0.15, 0.2) is 12.2 Å². The molecule has 0 atom stereocenters. The molecule has 8 heavy (non-hydrogen) atoms. The lowest BCUT2D eigenvalue weighted by Gasteiger charge is -1.79. The van der Waals surface area contributed by atoms with Crippen molar-refractivity contribution in [3.8, 4) is 0 Å². The number of rotatable bonds is 1. The Balaban J connectivity index is 0. The van der Waals surface area contributed by atoms with E-state index in [-0.39, 0.29) is 0 Å². The van der Waals surface area contributed by atoms with Gasteiger partial charge in [0.05, 0.1) is 0 Å². The maximum Gasteiger partial charge on any atom is -0.0354 e. The van der Waals surface area contributed by atoms with Gasteiger partial charge in [0.15, 0.2) is 0 Å². The van der Waals surface area contributed by atoms with E-state index in [1.165, 1.54) is 12.0 Å². The highest BCUT2D eigenvalue weighted by Gasteiger charge is 1.67. The van der Waals surface area contributed by atoms with Crippen molar-refractivity contribution in [1.29, 1.82) is 0 Å². The van der Waals surface area contributed by atoms with Gasteiger partial charge in [-0.05, 0) is 13.3 Å². The monoisotopic (exact) mass is 114 g/mol. The molecule has 0 aromatic carbocycles. The van der Waals surface area contributed by atoms with Crippen LogP contribution in [0.5, 0.6) is 0 Å². The van der Waals surface area contributed by atoms with Crippen LogP contribution >= 0.6 is 0 Å².